The highest BCUT2D eigenvalue weighted by Crippen LogP contribution is 2.44. The van der Waals surface area contributed by atoms with Crippen molar-refractivity contribution < 1.29 is 0 Å². The molecule has 4 rings (SSSR count). The zero-order valence-electron chi connectivity index (χ0n) is 9.06. The van der Waals surface area contributed by atoms with Crippen molar-refractivity contribution in [2.75, 3.05) is 11.9 Å². The highest BCUT2D eigenvalue weighted by Gasteiger charge is 2.36. The third-order valence-corrected chi connectivity index (χ3v) is 3.69. The zero-order chi connectivity index (χ0) is 10.5. The Bertz CT molecular complexity index is 541. The molecular formula is C12H14N4. The lowest BCUT2D eigenvalue weighted by molar-refractivity contribution is 0.378. The zero-order valence-corrected chi connectivity index (χ0v) is 9.06. The fourth-order valence-electron chi connectivity index (χ4n) is 2.73. The van der Waals surface area contributed by atoms with Gasteiger partial charge in [-0.05, 0) is 37.3 Å². The number of fused-ring (bicyclic) bond motifs is 3. The number of anilines is 1. The Morgan fingerprint density at radius 1 is 1.31 bits per heavy atom. The minimum Gasteiger partial charge on any atom is -0.370 e. The number of hydrogen-bond donors (Lipinski definition) is 1. The van der Waals surface area contributed by atoms with E-state index in [-0.39, 0.29) is 0 Å². The molecule has 82 valence electrons. The van der Waals surface area contributed by atoms with Crippen LogP contribution in [-0.2, 0) is 0 Å². The molecule has 0 aromatic carbocycles. The first-order valence-electron chi connectivity index (χ1n) is 6.00. The van der Waals surface area contributed by atoms with Gasteiger partial charge in [0.05, 0.1) is 11.4 Å². The molecule has 0 spiro atoms. The minimum atomic E-state index is 0.602. The van der Waals surface area contributed by atoms with Gasteiger partial charge in [0.15, 0.2) is 5.65 Å². The van der Waals surface area contributed by atoms with Gasteiger partial charge in [0, 0.05) is 12.7 Å². The molecule has 4 heteroatoms. The van der Waals surface area contributed by atoms with Crippen molar-refractivity contribution in [1.29, 1.82) is 0 Å². The van der Waals surface area contributed by atoms with Crippen molar-refractivity contribution in [1.82, 2.24) is 14.8 Å². The van der Waals surface area contributed by atoms with E-state index in [1.807, 2.05) is 12.3 Å². The van der Waals surface area contributed by atoms with Gasteiger partial charge in [0.25, 0.3) is 0 Å². The summed E-state index contributed by atoms with van der Waals surface area (Å²) in [7, 11) is 0. The first-order chi connectivity index (χ1) is 7.93. The molecule has 1 N–H and O–H groups in total. The number of rotatable bonds is 1. The quantitative estimate of drug-likeness (QED) is 0.791. The molecule has 0 bridgehead atoms. The molecule has 2 aliphatic rings. The maximum atomic E-state index is 4.64. The summed E-state index contributed by atoms with van der Waals surface area (Å²) in [6.45, 7) is 1.07. The van der Waals surface area contributed by atoms with E-state index in [1.165, 1.54) is 25.1 Å². The molecule has 2 aromatic heterocycles. The van der Waals surface area contributed by atoms with Gasteiger partial charge in [-0.3, -0.25) is 0 Å². The Hall–Kier alpha value is -1.58. The van der Waals surface area contributed by atoms with Crippen LogP contribution in [0.15, 0.2) is 18.3 Å². The van der Waals surface area contributed by atoms with Crippen LogP contribution in [0.25, 0.3) is 11.0 Å². The van der Waals surface area contributed by atoms with E-state index < -0.39 is 0 Å². The van der Waals surface area contributed by atoms with Gasteiger partial charge in [-0.25, -0.2) is 9.67 Å². The summed E-state index contributed by atoms with van der Waals surface area (Å²) in [4.78, 5) is 4.33. The summed E-state index contributed by atoms with van der Waals surface area (Å²) in [5.41, 5.74) is 0.873. The van der Waals surface area contributed by atoms with Crippen molar-refractivity contribution in [2.24, 2.45) is 5.92 Å². The van der Waals surface area contributed by atoms with Crippen molar-refractivity contribution >= 4 is 16.9 Å². The average Bonchev–Trinajstić information content (AvgIpc) is 3.09. The second-order valence-electron chi connectivity index (χ2n) is 4.79. The lowest BCUT2D eigenvalue weighted by Crippen LogP contribution is -2.24. The highest BCUT2D eigenvalue weighted by atomic mass is 15.4. The van der Waals surface area contributed by atoms with Crippen LogP contribution >= 0.6 is 0 Å². The largest absolute Gasteiger partial charge is 0.370 e. The number of nitrogens with one attached hydrogen (secondary N) is 1. The molecule has 3 heterocycles. The summed E-state index contributed by atoms with van der Waals surface area (Å²) >= 11 is 0. The number of hydrogen-bond acceptors (Lipinski definition) is 3. The van der Waals surface area contributed by atoms with E-state index >= 15 is 0 Å². The van der Waals surface area contributed by atoms with Gasteiger partial charge in [0.2, 0.25) is 0 Å². The fourth-order valence-corrected chi connectivity index (χ4v) is 2.73. The number of nitrogens with zero attached hydrogens (tertiary/aromatic N) is 3. The third-order valence-electron chi connectivity index (χ3n) is 3.69. The van der Waals surface area contributed by atoms with E-state index in [2.05, 4.69) is 26.1 Å². The van der Waals surface area contributed by atoms with E-state index in [1.54, 1.807) is 0 Å². The molecule has 1 aliphatic carbocycles. The van der Waals surface area contributed by atoms with Gasteiger partial charge in [-0.15, -0.1) is 0 Å². The molecule has 2 aromatic rings. The Labute approximate surface area is 93.7 Å². The number of pyridine rings is 1. The predicted molar refractivity (Wildman–Crippen MR) is 62.4 cm³/mol. The SMILES string of the molecule is c1cnc2nn3c(c2c1)NCCC3C1CC1. The van der Waals surface area contributed by atoms with Gasteiger partial charge in [-0.2, -0.15) is 5.10 Å². The molecule has 1 fully saturated rings. The normalized spacial score (nSPS) is 24.1. The van der Waals surface area contributed by atoms with Crippen LogP contribution < -0.4 is 5.32 Å². The first kappa shape index (κ1) is 8.56. The van der Waals surface area contributed by atoms with Crippen LogP contribution in [0.5, 0.6) is 0 Å². The van der Waals surface area contributed by atoms with Crippen molar-refractivity contribution in [3.8, 4) is 0 Å². The van der Waals surface area contributed by atoms with Crippen LogP contribution in [0.1, 0.15) is 25.3 Å². The van der Waals surface area contributed by atoms with Gasteiger partial charge < -0.3 is 5.32 Å². The van der Waals surface area contributed by atoms with Gasteiger partial charge >= 0.3 is 0 Å². The standard InChI is InChI=1S/C12H14N4/c1-2-9-11(13-6-1)15-16-10(8-3-4-8)5-7-14-12(9)16/h1-2,6,8,10,14H,3-5,7H2. The topological polar surface area (TPSA) is 42.7 Å². The maximum absolute atomic E-state index is 4.64. The van der Waals surface area contributed by atoms with Crippen LogP contribution in [0.3, 0.4) is 0 Å². The summed E-state index contributed by atoms with van der Waals surface area (Å²) < 4.78 is 2.18. The molecule has 1 saturated carbocycles. The van der Waals surface area contributed by atoms with E-state index in [0.717, 1.165) is 23.5 Å². The highest BCUT2D eigenvalue weighted by molar-refractivity contribution is 5.87. The molecule has 0 radical (unpaired) electrons. The summed E-state index contributed by atoms with van der Waals surface area (Å²) in [5.74, 6) is 2.03. The Morgan fingerprint density at radius 2 is 2.25 bits per heavy atom. The predicted octanol–water partition coefficient (Wildman–Crippen LogP) is 2.20. The lowest BCUT2D eigenvalue weighted by atomic mass is 10.1. The minimum absolute atomic E-state index is 0.602. The van der Waals surface area contributed by atoms with Crippen LogP contribution in [0.4, 0.5) is 5.82 Å². The van der Waals surface area contributed by atoms with Gasteiger partial charge in [-0.1, -0.05) is 0 Å². The maximum Gasteiger partial charge on any atom is 0.183 e. The Morgan fingerprint density at radius 3 is 3.12 bits per heavy atom. The summed E-state index contributed by atoms with van der Waals surface area (Å²) in [5, 5.41) is 9.26. The Kier molecular flexibility index (Phi) is 1.59. The summed E-state index contributed by atoms with van der Waals surface area (Å²) in [6, 6.07) is 4.68. The molecule has 1 atom stereocenters. The van der Waals surface area contributed by atoms with E-state index in [9.17, 15) is 0 Å². The smallest absolute Gasteiger partial charge is 0.183 e. The monoisotopic (exact) mass is 214 g/mol. The summed E-state index contributed by atoms with van der Waals surface area (Å²) in [6.07, 6.45) is 5.75. The van der Waals surface area contributed by atoms with Crippen LogP contribution in [-0.4, -0.2) is 21.3 Å². The van der Waals surface area contributed by atoms with Crippen molar-refractivity contribution in [3.63, 3.8) is 0 Å². The molecule has 0 saturated heterocycles. The molecular weight excluding hydrogens is 200 g/mol. The number of aromatic nitrogens is 3. The van der Waals surface area contributed by atoms with Crippen LogP contribution in [0.2, 0.25) is 0 Å². The average molecular weight is 214 g/mol. The lowest BCUT2D eigenvalue weighted by Gasteiger charge is -2.25. The molecule has 0 amide bonds. The first-order valence-corrected chi connectivity index (χ1v) is 6.00. The molecule has 1 unspecified atom stereocenters. The van der Waals surface area contributed by atoms with Crippen molar-refractivity contribution in [2.45, 2.75) is 25.3 Å². The second kappa shape index (κ2) is 2.97. The Balaban J connectivity index is 1.93. The molecule has 16 heavy (non-hydrogen) atoms. The van der Waals surface area contributed by atoms with E-state index in [4.69, 9.17) is 0 Å². The van der Waals surface area contributed by atoms with E-state index in [0.29, 0.717) is 6.04 Å². The second-order valence-corrected chi connectivity index (χ2v) is 4.79. The van der Waals surface area contributed by atoms with Crippen molar-refractivity contribution in [3.05, 3.63) is 18.3 Å². The van der Waals surface area contributed by atoms with Crippen LogP contribution in [0, 0.1) is 5.92 Å². The van der Waals surface area contributed by atoms with Gasteiger partial charge in [0.1, 0.15) is 5.82 Å². The molecule has 1 aliphatic heterocycles. The molecule has 4 nitrogen and oxygen atoms in total. The third kappa shape index (κ3) is 1.10. The fraction of sp³-hybridized carbons (Fsp3) is 0.500.